The average molecular weight is 474 g/mol. The molecule has 2 aromatic rings. The van der Waals surface area contributed by atoms with Gasteiger partial charge in [0.2, 0.25) is 5.95 Å². The monoisotopic (exact) mass is 473 g/mol. The summed E-state index contributed by atoms with van der Waals surface area (Å²) in [5.41, 5.74) is 0.584. The zero-order valence-corrected chi connectivity index (χ0v) is 18.6. The van der Waals surface area contributed by atoms with Gasteiger partial charge >= 0.3 is 12.1 Å². The van der Waals surface area contributed by atoms with Gasteiger partial charge in [-0.15, -0.1) is 0 Å². The molecular formula is C21H24ClF4N5O. The van der Waals surface area contributed by atoms with Crippen molar-refractivity contribution in [2.24, 2.45) is 0 Å². The lowest BCUT2D eigenvalue weighted by Gasteiger charge is -2.37. The highest BCUT2D eigenvalue weighted by Gasteiger charge is 2.46. The van der Waals surface area contributed by atoms with Crippen LogP contribution in [0.1, 0.15) is 31.4 Å². The number of hydrogen-bond donors (Lipinski definition) is 1. The van der Waals surface area contributed by atoms with Crippen LogP contribution in [0.25, 0.3) is 0 Å². The summed E-state index contributed by atoms with van der Waals surface area (Å²) in [7, 11) is 3.66. The number of carbonyl (C=O) groups excluding carboxylic acids is 1. The quantitative estimate of drug-likeness (QED) is 0.622. The van der Waals surface area contributed by atoms with Crippen LogP contribution in [0.15, 0.2) is 24.3 Å². The minimum absolute atomic E-state index is 0.0329. The lowest BCUT2D eigenvalue weighted by atomic mass is 9.89. The molecule has 1 aromatic heterocycles. The van der Waals surface area contributed by atoms with E-state index in [1.54, 1.807) is 11.0 Å². The maximum atomic E-state index is 13.8. The predicted octanol–water partition coefficient (Wildman–Crippen LogP) is 4.96. The molecule has 0 bridgehead atoms. The Labute approximate surface area is 188 Å². The van der Waals surface area contributed by atoms with Crippen LogP contribution in [0.3, 0.4) is 0 Å². The van der Waals surface area contributed by atoms with Crippen molar-refractivity contribution in [3.05, 3.63) is 40.8 Å². The van der Waals surface area contributed by atoms with E-state index in [0.717, 1.165) is 17.8 Å². The molecular weight excluding hydrogens is 450 g/mol. The fourth-order valence-corrected chi connectivity index (χ4v) is 4.04. The molecule has 1 heterocycles. The van der Waals surface area contributed by atoms with Crippen molar-refractivity contribution >= 4 is 35.0 Å². The number of hydrogen-bond acceptors (Lipinski definition) is 5. The Bertz CT molecular complexity index is 957. The summed E-state index contributed by atoms with van der Waals surface area (Å²) in [5, 5.41) is 3.23. The second-order valence-electron chi connectivity index (χ2n) is 8.04. The van der Waals surface area contributed by atoms with Crippen LogP contribution in [-0.4, -0.2) is 48.2 Å². The van der Waals surface area contributed by atoms with Crippen molar-refractivity contribution in [2.75, 3.05) is 29.2 Å². The van der Waals surface area contributed by atoms with Gasteiger partial charge in [-0.05, 0) is 50.8 Å². The Hall–Kier alpha value is -2.62. The van der Waals surface area contributed by atoms with Crippen LogP contribution in [0.2, 0.25) is 5.02 Å². The second kappa shape index (κ2) is 9.48. The van der Waals surface area contributed by atoms with E-state index >= 15 is 0 Å². The van der Waals surface area contributed by atoms with E-state index < -0.39 is 23.9 Å². The number of rotatable bonds is 5. The van der Waals surface area contributed by atoms with Gasteiger partial charge in [-0.25, -0.2) is 9.37 Å². The van der Waals surface area contributed by atoms with Gasteiger partial charge < -0.3 is 15.1 Å². The molecule has 3 rings (SSSR count). The van der Waals surface area contributed by atoms with Gasteiger partial charge in [-0.1, -0.05) is 11.6 Å². The molecule has 0 saturated heterocycles. The SMILES string of the molecule is Cc1cc(NC2CCC(N(C(=O)C(F)(F)F)c3cc(F)cc(Cl)c3)CC2)nc(N(C)C)n1. The van der Waals surface area contributed by atoms with E-state index in [1.807, 2.05) is 21.0 Å². The number of amides is 1. The maximum absolute atomic E-state index is 13.8. The first-order valence-corrected chi connectivity index (χ1v) is 10.5. The number of aromatic nitrogens is 2. The maximum Gasteiger partial charge on any atom is 0.471 e. The molecule has 0 atom stereocenters. The molecule has 0 radical (unpaired) electrons. The molecule has 1 aliphatic carbocycles. The Morgan fingerprint density at radius 3 is 2.31 bits per heavy atom. The smallest absolute Gasteiger partial charge is 0.367 e. The Morgan fingerprint density at radius 1 is 1.09 bits per heavy atom. The molecule has 1 amide bonds. The predicted molar refractivity (Wildman–Crippen MR) is 116 cm³/mol. The average Bonchev–Trinajstić information content (AvgIpc) is 2.67. The van der Waals surface area contributed by atoms with Crippen LogP contribution in [-0.2, 0) is 4.79 Å². The lowest BCUT2D eigenvalue weighted by Crippen LogP contribution is -2.49. The topological polar surface area (TPSA) is 61.4 Å². The lowest BCUT2D eigenvalue weighted by molar-refractivity contribution is -0.171. The Morgan fingerprint density at radius 2 is 1.75 bits per heavy atom. The molecule has 11 heteroatoms. The highest BCUT2D eigenvalue weighted by Crippen LogP contribution is 2.34. The van der Waals surface area contributed by atoms with E-state index in [9.17, 15) is 22.4 Å². The number of carbonyl (C=O) groups is 1. The van der Waals surface area contributed by atoms with Crippen molar-refractivity contribution in [1.29, 1.82) is 0 Å². The molecule has 0 aliphatic heterocycles. The highest BCUT2D eigenvalue weighted by atomic mass is 35.5. The van der Waals surface area contributed by atoms with E-state index in [1.165, 1.54) is 6.07 Å². The van der Waals surface area contributed by atoms with E-state index in [4.69, 9.17) is 11.6 Å². The van der Waals surface area contributed by atoms with Crippen molar-refractivity contribution in [1.82, 2.24) is 9.97 Å². The number of aryl methyl sites for hydroxylation is 1. The molecule has 1 saturated carbocycles. The minimum Gasteiger partial charge on any atom is -0.367 e. The fourth-order valence-electron chi connectivity index (χ4n) is 3.82. The molecule has 1 aliphatic rings. The number of nitrogens with one attached hydrogen (secondary N) is 1. The van der Waals surface area contributed by atoms with Crippen molar-refractivity contribution in [3.63, 3.8) is 0 Å². The van der Waals surface area contributed by atoms with Crippen molar-refractivity contribution < 1.29 is 22.4 Å². The number of benzene rings is 1. The van der Waals surface area contributed by atoms with Gasteiger partial charge in [-0.3, -0.25) is 4.79 Å². The Balaban J connectivity index is 1.76. The van der Waals surface area contributed by atoms with Gasteiger partial charge in [0, 0.05) is 48.6 Å². The first-order chi connectivity index (χ1) is 14.9. The van der Waals surface area contributed by atoms with Crippen LogP contribution in [0, 0.1) is 12.7 Å². The summed E-state index contributed by atoms with van der Waals surface area (Å²) in [6, 6.07) is 4.08. The molecule has 1 fully saturated rings. The van der Waals surface area contributed by atoms with Crippen molar-refractivity contribution in [3.8, 4) is 0 Å². The Kier molecular flexibility index (Phi) is 7.12. The zero-order chi connectivity index (χ0) is 23.6. The van der Waals surface area contributed by atoms with E-state index in [0.29, 0.717) is 42.3 Å². The third-order valence-corrected chi connectivity index (χ3v) is 5.46. The van der Waals surface area contributed by atoms with E-state index in [-0.39, 0.29) is 16.8 Å². The van der Waals surface area contributed by atoms with Crippen LogP contribution < -0.4 is 15.1 Å². The van der Waals surface area contributed by atoms with Crippen molar-refractivity contribution in [2.45, 2.75) is 50.9 Å². The zero-order valence-electron chi connectivity index (χ0n) is 17.9. The van der Waals surface area contributed by atoms with Gasteiger partial charge in [0.05, 0.1) is 0 Å². The van der Waals surface area contributed by atoms with E-state index in [2.05, 4.69) is 15.3 Å². The molecule has 1 N–H and O–H groups in total. The van der Waals surface area contributed by atoms with Gasteiger partial charge in [0.15, 0.2) is 0 Å². The second-order valence-corrected chi connectivity index (χ2v) is 8.48. The van der Waals surface area contributed by atoms with Crippen LogP contribution >= 0.6 is 11.6 Å². The standard InChI is InChI=1S/C21H24ClF4N5O/c1-12-8-18(29-20(27-12)30(2)3)28-15-4-6-16(7-5-15)31(19(32)21(24,25)26)17-10-13(22)9-14(23)11-17/h8-11,15-16H,4-7H2,1-3H3,(H,27,28,29). The largest absolute Gasteiger partial charge is 0.471 e. The van der Waals surface area contributed by atoms with Gasteiger partial charge in [0.1, 0.15) is 11.6 Å². The van der Waals surface area contributed by atoms with Gasteiger partial charge in [-0.2, -0.15) is 18.2 Å². The molecule has 174 valence electrons. The summed E-state index contributed by atoms with van der Waals surface area (Å²) in [6.07, 6.45) is -3.46. The summed E-state index contributed by atoms with van der Waals surface area (Å²) in [4.78, 5) is 23.4. The first-order valence-electron chi connectivity index (χ1n) is 10.1. The molecule has 1 aromatic carbocycles. The number of halogens is 5. The molecule has 6 nitrogen and oxygen atoms in total. The fraction of sp³-hybridized carbons (Fsp3) is 0.476. The number of nitrogens with zero attached hydrogens (tertiary/aromatic N) is 4. The molecule has 0 unspecified atom stereocenters. The molecule has 0 spiro atoms. The summed E-state index contributed by atoms with van der Waals surface area (Å²) in [6.45, 7) is 1.85. The third-order valence-electron chi connectivity index (χ3n) is 5.24. The van der Waals surface area contributed by atoms with Gasteiger partial charge in [0.25, 0.3) is 0 Å². The summed E-state index contributed by atoms with van der Waals surface area (Å²) in [5.74, 6) is -1.66. The van der Waals surface area contributed by atoms with Crippen LogP contribution in [0.4, 0.5) is 35.0 Å². The minimum atomic E-state index is -5.09. The highest BCUT2D eigenvalue weighted by molar-refractivity contribution is 6.31. The van der Waals surface area contributed by atoms with Crippen LogP contribution in [0.5, 0.6) is 0 Å². The molecule has 32 heavy (non-hydrogen) atoms. The first kappa shape index (κ1) is 24.0. The summed E-state index contributed by atoms with van der Waals surface area (Å²) < 4.78 is 53.7. The number of alkyl halides is 3. The third kappa shape index (κ3) is 5.79. The normalized spacial score (nSPS) is 18.9. The number of anilines is 3. The summed E-state index contributed by atoms with van der Waals surface area (Å²) >= 11 is 5.83.